The molecular formula is C18H29N5O. The van der Waals surface area contributed by atoms with Crippen LogP contribution in [0.1, 0.15) is 56.7 Å². The van der Waals surface area contributed by atoms with Gasteiger partial charge in [0.2, 0.25) is 0 Å². The van der Waals surface area contributed by atoms with Gasteiger partial charge in [0.1, 0.15) is 0 Å². The number of amides is 2. The number of hydrogen-bond donors (Lipinski definition) is 1. The normalized spacial score (nSPS) is 23.5. The predicted octanol–water partition coefficient (Wildman–Crippen LogP) is 3.01. The van der Waals surface area contributed by atoms with Crippen molar-refractivity contribution in [2.75, 3.05) is 31.5 Å². The van der Waals surface area contributed by atoms with Crippen molar-refractivity contribution in [3.63, 3.8) is 0 Å². The van der Waals surface area contributed by atoms with Crippen LogP contribution in [-0.2, 0) is 0 Å². The van der Waals surface area contributed by atoms with E-state index >= 15 is 0 Å². The van der Waals surface area contributed by atoms with Crippen LogP contribution in [0.25, 0.3) is 0 Å². The van der Waals surface area contributed by atoms with Crippen molar-refractivity contribution in [3.05, 3.63) is 11.8 Å². The molecule has 1 N–H and O–H groups in total. The van der Waals surface area contributed by atoms with E-state index in [1.807, 2.05) is 11.0 Å². The zero-order valence-corrected chi connectivity index (χ0v) is 14.7. The number of nitrogens with zero attached hydrogens (tertiary/aromatic N) is 4. The van der Waals surface area contributed by atoms with Gasteiger partial charge in [-0.3, -0.25) is 14.9 Å². The quantitative estimate of drug-likeness (QED) is 0.926. The lowest BCUT2D eigenvalue weighted by Crippen LogP contribution is -2.50. The summed E-state index contributed by atoms with van der Waals surface area (Å²) in [5.74, 6) is 0.702. The number of anilines is 1. The van der Waals surface area contributed by atoms with Crippen molar-refractivity contribution in [2.24, 2.45) is 0 Å². The molecule has 1 aliphatic heterocycles. The maximum Gasteiger partial charge on any atom is 0.323 e. The summed E-state index contributed by atoms with van der Waals surface area (Å²) in [6, 6.07) is 3.31. The molecule has 1 aromatic heterocycles. The molecule has 1 aromatic rings. The van der Waals surface area contributed by atoms with Crippen molar-refractivity contribution in [2.45, 2.75) is 64.0 Å². The summed E-state index contributed by atoms with van der Waals surface area (Å²) in [5.41, 5.74) is 1.15. The standard InChI is InChI=1S/C18H29N5O/c1-14-13-17(20-23(14)16-5-3-2-4-6-16)19-18(24)22-11-9-21(10-12-22)15-7-8-15/h13,15-16H,2-12H2,1H3,(H,19,20,24). The van der Waals surface area contributed by atoms with Gasteiger partial charge in [0, 0.05) is 44.0 Å². The number of nitrogens with one attached hydrogen (secondary N) is 1. The Balaban J connectivity index is 1.34. The van der Waals surface area contributed by atoms with Crippen molar-refractivity contribution in [1.82, 2.24) is 19.6 Å². The molecule has 3 aliphatic rings. The maximum atomic E-state index is 12.5. The smallest absolute Gasteiger partial charge is 0.322 e. The molecule has 0 atom stereocenters. The lowest BCUT2D eigenvalue weighted by molar-refractivity contribution is 0.142. The highest BCUT2D eigenvalue weighted by Crippen LogP contribution is 2.30. The molecule has 0 aromatic carbocycles. The van der Waals surface area contributed by atoms with Gasteiger partial charge in [0.05, 0.1) is 6.04 Å². The van der Waals surface area contributed by atoms with Gasteiger partial charge < -0.3 is 4.90 Å². The third-order valence-electron chi connectivity index (χ3n) is 5.74. The van der Waals surface area contributed by atoms with Crippen LogP contribution in [-0.4, -0.2) is 57.8 Å². The second-order valence-corrected chi connectivity index (χ2v) is 7.59. The molecule has 6 nitrogen and oxygen atoms in total. The van der Waals surface area contributed by atoms with Gasteiger partial charge in [-0.25, -0.2) is 4.79 Å². The topological polar surface area (TPSA) is 53.4 Å². The fourth-order valence-electron chi connectivity index (χ4n) is 4.16. The van der Waals surface area contributed by atoms with Gasteiger partial charge in [-0.15, -0.1) is 0 Å². The van der Waals surface area contributed by atoms with Crippen LogP contribution in [0.3, 0.4) is 0 Å². The molecule has 2 aliphatic carbocycles. The number of aryl methyl sites for hydroxylation is 1. The zero-order chi connectivity index (χ0) is 16.5. The Morgan fingerprint density at radius 1 is 1.04 bits per heavy atom. The highest BCUT2D eigenvalue weighted by molar-refractivity contribution is 5.88. The number of carbonyl (C=O) groups excluding carboxylic acids is 1. The Morgan fingerprint density at radius 2 is 1.75 bits per heavy atom. The number of rotatable bonds is 3. The molecule has 24 heavy (non-hydrogen) atoms. The highest BCUT2D eigenvalue weighted by atomic mass is 16.2. The van der Waals surface area contributed by atoms with Gasteiger partial charge in [-0.2, -0.15) is 5.10 Å². The average molecular weight is 331 g/mol. The van der Waals surface area contributed by atoms with Gasteiger partial charge in [-0.05, 0) is 32.6 Å². The molecule has 4 rings (SSSR count). The monoisotopic (exact) mass is 331 g/mol. The molecule has 0 bridgehead atoms. The molecule has 3 fully saturated rings. The first-order valence-corrected chi connectivity index (χ1v) is 9.57. The SMILES string of the molecule is Cc1cc(NC(=O)N2CCN(C3CC3)CC2)nn1C1CCCCC1. The number of carbonyl (C=O) groups is 1. The molecule has 6 heteroatoms. The Bertz CT molecular complexity index is 580. The van der Waals surface area contributed by atoms with Crippen LogP contribution in [0.2, 0.25) is 0 Å². The number of piperazine rings is 1. The van der Waals surface area contributed by atoms with E-state index in [1.165, 1.54) is 44.9 Å². The van der Waals surface area contributed by atoms with Crippen molar-refractivity contribution >= 4 is 11.8 Å². The molecule has 0 spiro atoms. The number of urea groups is 1. The van der Waals surface area contributed by atoms with Crippen molar-refractivity contribution < 1.29 is 4.79 Å². The summed E-state index contributed by atoms with van der Waals surface area (Å²) in [6.07, 6.45) is 9.01. The third-order valence-corrected chi connectivity index (χ3v) is 5.74. The van der Waals surface area contributed by atoms with Gasteiger partial charge >= 0.3 is 6.03 Å². The fraction of sp³-hybridized carbons (Fsp3) is 0.778. The van der Waals surface area contributed by atoms with E-state index in [1.54, 1.807) is 0 Å². The minimum atomic E-state index is -0.00117. The second kappa shape index (κ2) is 6.75. The minimum absolute atomic E-state index is 0.00117. The first-order valence-electron chi connectivity index (χ1n) is 9.57. The summed E-state index contributed by atoms with van der Waals surface area (Å²) in [4.78, 5) is 16.9. The molecule has 2 heterocycles. The van der Waals surface area contributed by atoms with Crippen LogP contribution in [0.15, 0.2) is 6.07 Å². The average Bonchev–Trinajstić information content (AvgIpc) is 3.39. The molecule has 0 unspecified atom stereocenters. The molecule has 132 valence electrons. The Morgan fingerprint density at radius 3 is 2.42 bits per heavy atom. The highest BCUT2D eigenvalue weighted by Gasteiger charge is 2.32. The van der Waals surface area contributed by atoms with E-state index in [2.05, 4.69) is 26.9 Å². The summed E-state index contributed by atoms with van der Waals surface area (Å²) < 4.78 is 2.12. The maximum absolute atomic E-state index is 12.5. The summed E-state index contributed by atoms with van der Waals surface area (Å²) >= 11 is 0. The van der Waals surface area contributed by atoms with E-state index in [9.17, 15) is 4.79 Å². The first kappa shape index (κ1) is 15.9. The molecular weight excluding hydrogens is 302 g/mol. The molecule has 0 radical (unpaired) electrons. The fourth-order valence-corrected chi connectivity index (χ4v) is 4.16. The molecule has 2 saturated carbocycles. The first-order chi connectivity index (χ1) is 11.7. The van der Waals surface area contributed by atoms with Crippen LogP contribution in [0.4, 0.5) is 10.6 Å². The summed E-state index contributed by atoms with van der Waals surface area (Å²) in [5, 5.41) is 7.68. The number of hydrogen-bond acceptors (Lipinski definition) is 3. The van der Waals surface area contributed by atoms with Crippen molar-refractivity contribution in [3.8, 4) is 0 Å². The Hall–Kier alpha value is -1.56. The van der Waals surface area contributed by atoms with Gasteiger partial charge in [0.15, 0.2) is 5.82 Å². The number of aromatic nitrogens is 2. The van der Waals surface area contributed by atoms with E-state index in [-0.39, 0.29) is 6.03 Å². The largest absolute Gasteiger partial charge is 0.323 e. The second-order valence-electron chi connectivity index (χ2n) is 7.59. The summed E-state index contributed by atoms with van der Waals surface area (Å²) in [7, 11) is 0. The predicted molar refractivity (Wildman–Crippen MR) is 94.3 cm³/mol. The Labute approximate surface area is 144 Å². The van der Waals surface area contributed by atoms with E-state index < -0.39 is 0 Å². The third kappa shape index (κ3) is 3.43. The van der Waals surface area contributed by atoms with Crippen LogP contribution in [0.5, 0.6) is 0 Å². The molecule has 2 amide bonds. The molecule has 1 saturated heterocycles. The minimum Gasteiger partial charge on any atom is -0.322 e. The zero-order valence-electron chi connectivity index (χ0n) is 14.7. The van der Waals surface area contributed by atoms with Crippen LogP contribution < -0.4 is 5.32 Å². The lowest BCUT2D eigenvalue weighted by atomic mass is 9.95. The van der Waals surface area contributed by atoms with Gasteiger partial charge in [-0.1, -0.05) is 19.3 Å². The van der Waals surface area contributed by atoms with Crippen LogP contribution in [0, 0.1) is 6.92 Å². The van der Waals surface area contributed by atoms with E-state index in [0.29, 0.717) is 11.9 Å². The van der Waals surface area contributed by atoms with Crippen LogP contribution >= 0.6 is 0 Å². The lowest BCUT2D eigenvalue weighted by Gasteiger charge is -2.34. The Kier molecular flexibility index (Phi) is 4.48. The van der Waals surface area contributed by atoms with Gasteiger partial charge in [0.25, 0.3) is 0 Å². The summed E-state index contributed by atoms with van der Waals surface area (Å²) in [6.45, 7) is 5.75. The van der Waals surface area contributed by atoms with Crippen molar-refractivity contribution in [1.29, 1.82) is 0 Å². The van der Waals surface area contributed by atoms with E-state index in [4.69, 9.17) is 0 Å². The van der Waals surface area contributed by atoms with E-state index in [0.717, 1.165) is 37.9 Å².